The van der Waals surface area contributed by atoms with Gasteiger partial charge < -0.3 is 19.5 Å². The minimum atomic E-state index is -1.19. The topological polar surface area (TPSA) is 59.0 Å². The number of hydrogen-bond acceptors (Lipinski definition) is 4. The van der Waals surface area contributed by atoms with Crippen molar-refractivity contribution in [2.75, 3.05) is 27.3 Å². The van der Waals surface area contributed by atoms with Crippen LogP contribution in [-0.2, 0) is 16.8 Å². The summed E-state index contributed by atoms with van der Waals surface area (Å²) in [6.07, 6.45) is 4.28. The molecular weight excluding hydrogens is 390 g/mol. The largest absolute Gasteiger partial charge is 0.496 e. The number of nitrogens with zero attached hydrogens (tertiary/aromatic N) is 1. The lowest BCUT2D eigenvalue weighted by Crippen LogP contribution is -2.45. The molecule has 1 aliphatic carbocycles. The molecule has 1 N–H and O–H groups in total. The SMILES string of the molecule is COc1ccccc1CC(=O)N1CC2C(C1)C(O)(c1ccccc1OC)C=CC2(C)C. The number of ether oxygens (including phenoxy) is 2. The van der Waals surface area contributed by atoms with Gasteiger partial charge in [-0.1, -0.05) is 62.4 Å². The van der Waals surface area contributed by atoms with Crippen LogP contribution in [0.25, 0.3) is 0 Å². The van der Waals surface area contributed by atoms with E-state index in [0.29, 0.717) is 18.8 Å². The number of hydrogen-bond donors (Lipinski definition) is 1. The van der Waals surface area contributed by atoms with Gasteiger partial charge in [0.2, 0.25) is 5.91 Å². The van der Waals surface area contributed by atoms with Gasteiger partial charge >= 0.3 is 0 Å². The maximum absolute atomic E-state index is 13.3. The fraction of sp³-hybridized carbons (Fsp3) is 0.423. The Balaban J connectivity index is 1.64. The number of benzene rings is 2. The predicted octanol–water partition coefficient (Wildman–Crippen LogP) is 3.80. The van der Waals surface area contributed by atoms with Gasteiger partial charge in [0.1, 0.15) is 17.1 Å². The second-order valence-electron chi connectivity index (χ2n) is 9.18. The first-order valence-electron chi connectivity index (χ1n) is 10.8. The van der Waals surface area contributed by atoms with E-state index in [1.807, 2.05) is 59.5 Å². The molecule has 2 aromatic carbocycles. The van der Waals surface area contributed by atoms with E-state index in [0.717, 1.165) is 16.9 Å². The second-order valence-corrected chi connectivity index (χ2v) is 9.18. The number of methoxy groups -OCH3 is 2. The molecule has 0 saturated carbocycles. The average molecular weight is 422 g/mol. The molecule has 4 rings (SSSR count). The molecule has 3 atom stereocenters. The lowest BCUT2D eigenvalue weighted by Gasteiger charge is -2.45. The van der Waals surface area contributed by atoms with Crippen LogP contribution in [0.4, 0.5) is 0 Å². The Kier molecular flexibility index (Phi) is 5.56. The fourth-order valence-electron chi connectivity index (χ4n) is 5.18. The van der Waals surface area contributed by atoms with Crippen molar-refractivity contribution in [2.24, 2.45) is 17.3 Å². The highest BCUT2D eigenvalue weighted by Gasteiger charge is 2.54. The Labute approximate surface area is 184 Å². The Hall–Kier alpha value is -2.79. The molecule has 164 valence electrons. The number of fused-ring (bicyclic) bond motifs is 1. The number of allylic oxidation sites excluding steroid dienone is 1. The third-order valence-corrected chi connectivity index (χ3v) is 7.03. The van der Waals surface area contributed by atoms with E-state index in [-0.39, 0.29) is 29.6 Å². The van der Waals surface area contributed by atoms with Crippen molar-refractivity contribution in [1.82, 2.24) is 4.90 Å². The molecular formula is C26H31NO4. The second kappa shape index (κ2) is 8.04. The van der Waals surface area contributed by atoms with Crippen LogP contribution in [0.15, 0.2) is 60.7 Å². The monoisotopic (exact) mass is 421 g/mol. The quantitative estimate of drug-likeness (QED) is 0.746. The summed E-state index contributed by atoms with van der Waals surface area (Å²) in [5.74, 6) is 1.45. The van der Waals surface area contributed by atoms with Gasteiger partial charge in [-0.3, -0.25) is 4.79 Å². The van der Waals surface area contributed by atoms with Crippen LogP contribution in [0.1, 0.15) is 25.0 Å². The summed E-state index contributed by atoms with van der Waals surface area (Å²) in [4.78, 5) is 15.2. The smallest absolute Gasteiger partial charge is 0.227 e. The molecule has 1 saturated heterocycles. The standard InChI is InChI=1S/C26H31NO4/c1-25(2)13-14-26(29,19-10-6-8-12-23(19)31-4)21-17-27(16-20(21)25)24(28)15-18-9-5-7-11-22(18)30-3/h5-14,20-21,29H,15-17H2,1-4H3. The first kappa shape index (κ1) is 21.4. The Morgan fingerprint density at radius 2 is 1.58 bits per heavy atom. The van der Waals surface area contributed by atoms with E-state index >= 15 is 0 Å². The number of rotatable bonds is 5. The van der Waals surface area contributed by atoms with Gasteiger partial charge in [0.15, 0.2) is 0 Å². The summed E-state index contributed by atoms with van der Waals surface area (Å²) in [6.45, 7) is 5.47. The molecule has 0 radical (unpaired) electrons. The van der Waals surface area contributed by atoms with Crippen LogP contribution < -0.4 is 9.47 Å². The number of carbonyl (C=O) groups excluding carboxylic acids is 1. The Morgan fingerprint density at radius 1 is 0.968 bits per heavy atom. The van der Waals surface area contributed by atoms with Gasteiger partial charge in [-0.25, -0.2) is 0 Å². The van der Waals surface area contributed by atoms with Crippen molar-refractivity contribution in [3.8, 4) is 11.5 Å². The third-order valence-electron chi connectivity index (χ3n) is 7.03. The summed E-state index contributed by atoms with van der Waals surface area (Å²) >= 11 is 0. The van der Waals surface area contributed by atoms with E-state index in [1.165, 1.54) is 0 Å². The normalized spacial score (nSPS) is 26.4. The lowest BCUT2D eigenvalue weighted by molar-refractivity contribution is -0.129. The van der Waals surface area contributed by atoms with Crippen LogP contribution >= 0.6 is 0 Å². The first-order chi connectivity index (χ1) is 14.8. The summed E-state index contributed by atoms with van der Waals surface area (Å²) in [7, 11) is 3.24. The zero-order chi connectivity index (χ0) is 22.2. The highest BCUT2D eigenvalue weighted by Crippen LogP contribution is 2.53. The highest BCUT2D eigenvalue weighted by atomic mass is 16.5. The summed E-state index contributed by atoms with van der Waals surface area (Å²) in [5.41, 5.74) is 0.311. The maximum Gasteiger partial charge on any atom is 0.227 e. The van der Waals surface area contributed by atoms with Gasteiger partial charge in [0, 0.05) is 30.1 Å². The minimum Gasteiger partial charge on any atom is -0.496 e. The van der Waals surface area contributed by atoms with Crippen molar-refractivity contribution in [3.05, 3.63) is 71.8 Å². The van der Waals surface area contributed by atoms with E-state index < -0.39 is 5.60 Å². The molecule has 31 heavy (non-hydrogen) atoms. The van der Waals surface area contributed by atoms with Crippen LogP contribution in [0.5, 0.6) is 11.5 Å². The van der Waals surface area contributed by atoms with Crippen molar-refractivity contribution in [1.29, 1.82) is 0 Å². The molecule has 0 bridgehead atoms. The van der Waals surface area contributed by atoms with Crippen LogP contribution in [0.3, 0.4) is 0 Å². The van der Waals surface area contributed by atoms with Gasteiger partial charge in [0.05, 0.1) is 20.6 Å². The Morgan fingerprint density at radius 3 is 2.29 bits per heavy atom. The molecule has 2 aromatic rings. The van der Waals surface area contributed by atoms with Crippen molar-refractivity contribution >= 4 is 5.91 Å². The molecule has 1 heterocycles. The van der Waals surface area contributed by atoms with E-state index in [4.69, 9.17) is 9.47 Å². The van der Waals surface area contributed by atoms with Crippen molar-refractivity contribution < 1.29 is 19.4 Å². The molecule has 0 spiro atoms. The zero-order valence-electron chi connectivity index (χ0n) is 18.7. The average Bonchev–Trinajstić information content (AvgIpc) is 3.25. The third kappa shape index (κ3) is 3.72. The number of likely N-dealkylation sites (tertiary alicyclic amines) is 1. The van der Waals surface area contributed by atoms with Gasteiger partial charge in [0.25, 0.3) is 0 Å². The molecule has 1 fully saturated rings. The summed E-state index contributed by atoms with van der Waals surface area (Å²) < 4.78 is 11.0. The number of aliphatic hydroxyl groups is 1. The molecule has 5 heteroatoms. The maximum atomic E-state index is 13.3. The summed E-state index contributed by atoms with van der Waals surface area (Å²) in [6, 6.07) is 15.2. The van der Waals surface area contributed by atoms with E-state index in [9.17, 15) is 9.90 Å². The molecule has 0 aromatic heterocycles. The predicted molar refractivity (Wildman–Crippen MR) is 120 cm³/mol. The first-order valence-corrected chi connectivity index (χ1v) is 10.8. The van der Waals surface area contributed by atoms with E-state index in [2.05, 4.69) is 19.9 Å². The molecule has 3 unspecified atom stereocenters. The van der Waals surface area contributed by atoms with Gasteiger partial charge in [-0.2, -0.15) is 0 Å². The fourth-order valence-corrected chi connectivity index (χ4v) is 5.18. The van der Waals surface area contributed by atoms with Crippen molar-refractivity contribution in [2.45, 2.75) is 25.9 Å². The molecule has 1 aliphatic heterocycles. The highest BCUT2D eigenvalue weighted by molar-refractivity contribution is 5.80. The van der Waals surface area contributed by atoms with Crippen LogP contribution in [0, 0.1) is 17.3 Å². The summed E-state index contributed by atoms with van der Waals surface area (Å²) in [5, 5.41) is 11.9. The van der Waals surface area contributed by atoms with Crippen molar-refractivity contribution in [3.63, 3.8) is 0 Å². The Bertz CT molecular complexity index is 998. The zero-order valence-corrected chi connectivity index (χ0v) is 18.7. The minimum absolute atomic E-state index is 0.0528. The van der Waals surface area contributed by atoms with Crippen LogP contribution in [-0.4, -0.2) is 43.2 Å². The number of carbonyl (C=O) groups is 1. The molecule has 5 nitrogen and oxygen atoms in total. The van der Waals surface area contributed by atoms with Gasteiger partial charge in [-0.05, 0) is 23.5 Å². The van der Waals surface area contributed by atoms with Crippen LogP contribution in [0.2, 0.25) is 0 Å². The lowest BCUT2D eigenvalue weighted by atomic mass is 9.61. The van der Waals surface area contributed by atoms with E-state index in [1.54, 1.807) is 14.2 Å². The molecule has 1 amide bonds. The number of amides is 1. The molecule has 2 aliphatic rings. The van der Waals surface area contributed by atoms with Gasteiger partial charge in [-0.15, -0.1) is 0 Å². The number of para-hydroxylation sites is 2.